The molecule has 2 aromatic carbocycles. The maximum absolute atomic E-state index is 12.1. The summed E-state index contributed by atoms with van der Waals surface area (Å²) in [5.74, 6) is 0.666. The van der Waals surface area contributed by atoms with Crippen molar-refractivity contribution in [2.45, 2.75) is 26.7 Å². The van der Waals surface area contributed by atoms with E-state index in [4.69, 9.17) is 9.47 Å². The van der Waals surface area contributed by atoms with Crippen LogP contribution in [0.4, 0.5) is 5.69 Å². The molecule has 0 radical (unpaired) electrons. The van der Waals surface area contributed by atoms with Gasteiger partial charge in [0.15, 0.2) is 11.5 Å². The third-order valence-electron chi connectivity index (χ3n) is 4.11. The van der Waals surface area contributed by atoms with Crippen LogP contribution in [0.25, 0.3) is 0 Å². The maximum atomic E-state index is 12.1. The molecule has 0 unspecified atom stereocenters. The fourth-order valence-electron chi connectivity index (χ4n) is 2.56. The molecule has 0 bridgehead atoms. The van der Waals surface area contributed by atoms with Gasteiger partial charge >= 0.3 is 0 Å². The predicted molar refractivity (Wildman–Crippen MR) is 122 cm³/mol. The summed E-state index contributed by atoms with van der Waals surface area (Å²) in [5, 5.41) is 6.78. The summed E-state index contributed by atoms with van der Waals surface area (Å²) in [6.07, 6.45) is 1.62. The van der Waals surface area contributed by atoms with Gasteiger partial charge in [0.05, 0.1) is 24.0 Å². The van der Waals surface area contributed by atoms with Crippen LogP contribution in [-0.2, 0) is 9.59 Å². The van der Waals surface area contributed by atoms with Gasteiger partial charge in [0.1, 0.15) is 0 Å². The number of carbonyl (C=O) groups excluding carboxylic acids is 2. The summed E-state index contributed by atoms with van der Waals surface area (Å²) in [4.78, 5) is 24.0. The lowest BCUT2D eigenvalue weighted by Gasteiger charge is -2.10. The molecule has 7 nitrogen and oxygen atoms in total. The minimum absolute atomic E-state index is 0.0392. The van der Waals surface area contributed by atoms with Crippen molar-refractivity contribution >= 4 is 46.3 Å². The van der Waals surface area contributed by atoms with E-state index < -0.39 is 0 Å². The highest BCUT2D eigenvalue weighted by Crippen LogP contribution is 2.33. The molecule has 0 heterocycles. The third kappa shape index (κ3) is 6.74. The van der Waals surface area contributed by atoms with Crippen LogP contribution < -0.4 is 20.2 Å². The zero-order chi connectivity index (χ0) is 21.4. The normalized spacial score (nSPS) is 10.7. The molecule has 0 atom stereocenters. The van der Waals surface area contributed by atoms with Gasteiger partial charge in [-0.1, -0.05) is 12.1 Å². The van der Waals surface area contributed by atoms with E-state index in [1.165, 1.54) is 6.21 Å². The van der Waals surface area contributed by atoms with E-state index in [1.54, 1.807) is 20.3 Å². The van der Waals surface area contributed by atoms with Crippen LogP contribution in [0.1, 0.15) is 29.5 Å². The highest BCUT2D eigenvalue weighted by atomic mass is 127. The Morgan fingerprint density at radius 2 is 1.79 bits per heavy atom. The number of benzene rings is 2. The van der Waals surface area contributed by atoms with Crippen molar-refractivity contribution in [3.63, 3.8) is 0 Å². The minimum Gasteiger partial charge on any atom is -0.493 e. The SMILES string of the molecule is COc1cc(C=NNC(=O)CCC(=O)Nc2cc(C)ccc2C)cc(I)c1OC. The van der Waals surface area contributed by atoms with Crippen molar-refractivity contribution in [1.29, 1.82) is 0 Å². The van der Waals surface area contributed by atoms with Crippen LogP contribution >= 0.6 is 22.6 Å². The monoisotopic (exact) mass is 509 g/mol. The van der Waals surface area contributed by atoms with E-state index >= 15 is 0 Å². The quantitative estimate of drug-likeness (QED) is 0.322. The average molecular weight is 509 g/mol. The highest BCUT2D eigenvalue weighted by Gasteiger charge is 2.10. The van der Waals surface area contributed by atoms with E-state index in [-0.39, 0.29) is 24.7 Å². The second kappa shape index (κ2) is 10.8. The smallest absolute Gasteiger partial charge is 0.240 e. The second-order valence-corrected chi connectivity index (χ2v) is 7.56. The number of aryl methyl sites for hydroxylation is 2. The molecule has 0 fully saturated rings. The summed E-state index contributed by atoms with van der Waals surface area (Å²) >= 11 is 2.14. The topological polar surface area (TPSA) is 89.0 Å². The first-order valence-electron chi connectivity index (χ1n) is 8.94. The molecular weight excluding hydrogens is 485 g/mol. The summed E-state index contributed by atoms with van der Waals surface area (Å²) in [6.45, 7) is 3.88. The molecule has 8 heteroatoms. The molecule has 0 aliphatic heterocycles. The van der Waals surface area contributed by atoms with Gasteiger partial charge in [-0.15, -0.1) is 0 Å². The Balaban J connectivity index is 1.86. The minimum atomic E-state index is -0.340. The number of rotatable bonds is 8. The van der Waals surface area contributed by atoms with Gasteiger partial charge in [0.2, 0.25) is 11.8 Å². The molecule has 154 valence electrons. The molecule has 0 aliphatic rings. The lowest BCUT2D eigenvalue weighted by Crippen LogP contribution is -2.21. The number of anilines is 1. The predicted octanol–water partition coefficient (Wildman–Crippen LogP) is 3.79. The van der Waals surface area contributed by atoms with Crippen molar-refractivity contribution in [2.75, 3.05) is 19.5 Å². The Morgan fingerprint density at radius 1 is 1.07 bits per heavy atom. The molecule has 0 aromatic heterocycles. The van der Waals surface area contributed by atoms with Gasteiger partial charge in [0.25, 0.3) is 0 Å². The summed E-state index contributed by atoms with van der Waals surface area (Å²) in [6, 6.07) is 9.45. The zero-order valence-electron chi connectivity index (χ0n) is 16.8. The van der Waals surface area contributed by atoms with Crippen LogP contribution in [0.15, 0.2) is 35.4 Å². The van der Waals surface area contributed by atoms with Crippen LogP contribution in [0.5, 0.6) is 11.5 Å². The molecule has 2 rings (SSSR count). The van der Waals surface area contributed by atoms with Gasteiger partial charge in [-0.25, -0.2) is 5.43 Å². The fourth-order valence-corrected chi connectivity index (χ4v) is 3.40. The Kier molecular flexibility index (Phi) is 8.44. The first-order valence-corrected chi connectivity index (χ1v) is 10.0. The van der Waals surface area contributed by atoms with Gasteiger partial charge in [-0.3, -0.25) is 9.59 Å². The number of nitrogens with zero attached hydrogens (tertiary/aromatic N) is 1. The lowest BCUT2D eigenvalue weighted by atomic mass is 10.1. The summed E-state index contributed by atoms with van der Waals surface area (Å²) < 4.78 is 11.4. The fraction of sp³-hybridized carbons (Fsp3) is 0.286. The van der Waals surface area contributed by atoms with E-state index in [0.717, 1.165) is 25.9 Å². The van der Waals surface area contributed by atoms with Crippen LogP contribution in [0.3, 0.4) is 0 Å². The number of carbonyl (C=O) groups is 2. The molecule has 29 heavy (non-hydrogen) atoms. The van der Waals surface area contributed by atoms with Crippen LogP contribution in [0, 0.1) is 17.4 Å². The number of nitrogens with one attached hydrogen (secondary N) is 2. The Labute approximate surface area is 184 Å². The first kappa shape index (κ1) is 22.7. The average Bonchev–Trinajstić information content (AvgIpc) is 2.68. The van der Waals surface area contributed by atoms with Crippen LogP contribution in [-0.4, -0.2) is 32.2 Å². The largest absolute Gasteiger partial charge is 0.493 e. The van der Waals surface area contributed by atoms with Crippen molar-refractivity contribution in [3.05, 3.63) is 50.6 Å². The lowest BCUT2D eigenvalue weighted by molar-refractivity contribution is -0.124. The molecular formula is C21H24IN3O4. The second-order valence-electron chi connectivity index (χ2n) is 6.40. The highest BCUT2D eigenvalue weighted by molar-refractivity contribution is 14.1. The number of hydrogen-bond acceptors (Lipinski definition) is 5. The molecule has 0 saturated carbocycles. The standard InChI is InChI=1S/C21H24IN3O4/c1-13-5-6-14(2)17(9-13)24-19(26)7-8-20(27)25-23-12-15-10-16(22)21(29-4)18(11-15)28-3/h5-6,9-12H,7-8H2,1-4H3,(H,24,26)(H,25,27). The van der Waals surface area contributed by atoms with Crippen molar-refractivity contribution in [3.8, 4) is 11.5 Å². The van der Waals surface area contributed by atoms with Crippen molar-refractivity contribution < 1.29 is 19.1 Å². The number of methoxy groups -OCH3 is 2. The molecule has 2 amide bonds. The van der Waals surface area contributed by atoms with E-state index in [2.05, 4.69) is 38.4 Å². The molecule has 0 spiro atoms. The Bertz CT molecular complexity index is 928. The number of amides is 2. The number of halogens is 1. The van der Waals surface area contributed by atoms with Gasteiger partial charge < -0.3 is 14.8 Å². The number of hydrazone groups is 1. The summed E-state index contributed by atoms with van der Waals surface area (Å²) in [5.41, 5.74) is 5.98. The number of ether oxygens (including phenoxy) is 2. The molecule has 0 saturated heterocycles. The number of hydrogen-bond donors (Lipinski definition) is 2. The van der Waals surface area contributed by atoms with Gasteiger partial charge in [-0.05, 0) is 71.3 Å². The van der Waals surface area contributed by atoms with Gasteiger partial charge in [0, 0.05) is 18.5 Å². The molecule has 2 N–H and O–H groups in total. The first-order chi connectivity index (χ1) is 13.8. The van der Waals surface area contributed by atoms with E-state index in [1.807, 2.05) is 38.1 Å². The van der Waals surface area contributed by atoms with E-state index in [9.17, 15) is 9.59 Å². The molecule has 0 aliphatic carbocycles. The summed E-state index contributed by atoms with van der Waals surface area (Å²) in [7, 11) is 3.13. The Morgan fingerprint density at radius 3 is 2.48 bits per heavy atom. The van der Waals surface area contributed by atoms with Gasteiger partial charge in [-0.2, -0.15) is 5.10 Å². The van der Waals surface area contributed by atoms with Crippen molar-refractivity contribution in [2.24, 2.45) is 5.10 Å². The molecule has 2 aromatic rings. The maximum Gasteiger partial charge on any atom is 0.240 e. The third-order valence-corrected chi connectivity index (χ3v) is 4.91. The Hall–Kier alpha value is -2.62. The van der Waals surface area contributed by atoms with E-state index in [0.29, 0.717) is 11.5 Å². The zero-order valence-corrected chi connectivity index (χ0v) is 19.0. The van der Waals surface area contributed by atoms with Crippen molar-refractivity contribution in [1.82, 2.24) is 5.43 Å². The van der Waals surface area contributed by atoms with Crippen LogP contribution in [0.2, 0.25) is 0 Å².